The molecule has 1 N–H and O–H groups in total. The van der Waals surface area contributed by atoms with Crippen molar-refractivity contribution in [3.8, 4) is 0 Å². The molecule has 358 valence electrons. The van der Waals surface area contributed by atoms with Crippen molar-refractivity contribution in [3.63, 3.8) is 0 Å². The lowest BCUT2D eigenvalue weighted by molar-refractivity contribution is -0.324. The first-order valence-corrected chi connectivity index (χ1v) is 21.6. The third-order valence-corrected chi connectivity index (χ3v) is 10.6. The number of carbonyl (C=O) groups is 7. The highest BCUT2D eigenvalue weighted by Crippen LogP contribution is 2.34. The topological polar surface area (TPSA) is 232 Å². The Kier molecular flexibility index (Phi) is 16.6. The van der Waals surface area contributed by atoms with Gasteiger partial charge in [0.2, 0.25) is 0 Å². The second-order valence-electron chi connectivity index (χ2n) is 15.5. The predicted octanol–water partition coefficient (Wildman–Crippen LogP) is 5.07. The standard InChI is InChI=1S/C51H46O18/c1-30(52)60-28-38-39(62-31(2)53)42(67-47(56)34-22-12-5-13-23-34)44(69-49(58)36-26-16-7-17-27-36)51(64-38)61-29-37-40(65-45(54)32-18-8-3-9-19-32)41(66-46(55)33-20-10-4-11-21-33)43(50(59)63-37)68-48(57)35-24-14-6-15-25-35/h3-27,37-44,50-51,59H,28-29H2,1-2H3/t37-,38-,39-,40-,41+,42+,43+,44+,50+,51+/m1/s1. The Morgan fingerprint density at radius 2 is 0.710 bits per heavy atom. The zero-order chi connectivity index (χ0) is 48.9. The van der Waals surface area contributed by atoms with Crippen LogP contribution in [0.25, 0.3) is 0 Å². The third kappa shape index (κ3) is 12.8. The lowest BCUT2D eigenvalue weighted by Gasteiger charge is -2.46. The molecule has 69 heavy (non-hydrogen) atoms. The van der Waals surface area contributed by atoms with Crippen molar-refractivity contribution < 1.29 is 86.0 Å². The van der Waals surface area contributed by atoms with Crippen LogP contribution in [0.3, 0.4) is 0 Å². The Morgan fingerprint density at radius 1 is 0.391 bits per heavy atom. The fourth-order valence-electron chi connectivity index (χ4n) is 7.39. The van der Waals surface area contributed by atoms with E-state index in [9.17, 15) is 38.7 Å². The van der Waals surface area contributed by atoms with Crippen molar-refractivity contribution in [2.45, 2.75) is 75.3 Å². The van der Waals surface area contributed by atoms with Crippen LogP contribution in [0.1, 0.15) is 65.6 Å². The highest BCUT2D eigenvalue weighted by Gasteiger charge is 2.56. The second kappa shape index (κ2) is 23.3. The molecule has 2 fully saturated rings. The molecule has 0 unspecified atom stereocenters. The molecule has 5 aromatic rings. The number of hydrogen-bond donors (Lipinski definition) is 1. The molecule has 18 nitrogen and oxygen atoms in total. The van der Waals surface area contributed by atoms with E-state index in [-0.39, 0.29) is 27.8 Å². The molecule has 18 heteroatoms. The van der Waals surface area contributed by atoms with E-state index < -0.39 is 116 Å². The molecule has 0 radical (unpaired) electrons. The summed E-state index contributed by atoms with van der Waals surface area (Å²) in [6, 6.07) is 38.5. The van der Waals surface area contributed by atoms with Crippen LogP contribution in [-0.4, -0.2) is 122 Å². The van der Waals surface area contributed by atoms with E-state index in [1.807, 2.05) is 0 Å². The summed E-state index contributed by atoms with van der Waals surface area (Å²) in [6.07, 6.45) is -17.5. The summed E-state index contributed by atoms with van der Waals surface area (Å²) >= 11 is 0. The summed E-state index contributed by atoms with van der Waals surface area (Å²) in [4.78, 5) is 93.8. The number of aliphatic hydroxyl groups excluding tert-OH is 1. The van der Waals surface area contributed by atoms with Gasteiger partial charge in [0.1, 0.15) is 18.8 Å². The molecule has 2 aliphatic rings. The monoisotopic (exact) mass is 946 g/mol. The van der Waals surface area contributed by atoms with Crippen molar-refractivity contribution in [2.24, 2.45) is 0 Å². The highest BCUT2D eigenvalue weighted by molar-refractivity contribution is 5.92. The highest BCUT2D eigenvalue weighted by atomic mass is 16.7. The Morgan fingerprint density at radius 3 is 1.09 bits per heavy atom. The van der Waals surface area contributed by atoms with E-state index in [2.05, 4.69) is 0 Å². The lowest BCUT2D eigenvalue weighted by Crippen LogP contribution is -2.65. The first kappa shape index (κ1) is 49.1. The van der Waals surface area contributed by atoms with Gasteiger partial charge in [-0.3, -0.25) is 9.59 Å². The smallest absolute Gasteiger partial charge is 0.338 e. The molecule has 2 heterocycles. The first-order valence-electron chi connectivity index (χ1n) is 21.6. The van der Waals surface area contributed by atoms with E-state index >= 15 is 0 Å². The average molecular weight is 947 g/mol. The quantitative estimate of drug-likeness (QED) is 0.101. The van der Waals surface area contributed by atoms with Crippen LogP contribution in [0.2, 0.25) is 0 Å². The van der Waals surface area contributed by atoms with Gasteiger partial charge in [-0.15, -0.1) is 0 Å². The molecule has 0 aliphatic carbocycles. The van der Waals surface area contributed by atoms with E-state index in [0.29, 0.717) is 0 Å². The minimum Gasteiger partial charge on any atom is -0.463 e. The molecule has 0 bridgehead atoms. The van der Waals surface area contributed by atoms with Crippen molar-refractivity contribution in [3.05, 3.63) is 179 Å². The fourth-order valence-corrected chi connectivity index (χ4v) is 7.39. The van der Waals surface area contributed by atoms with Crippen LogP contribution in [0.5, 0.6) is 0 Å². The summed E-state index contributed by atoms with van der Waals surface area (Å²) in [5.41, 5.74) is 0.249. The van der Waals surface area contributed by atoms with E-state index in [1.54, 1.807) is 91.0 Å². The summed E-state index contributed by atoms with van der Waals surface area (Å²) in [6.45, 7) is 0.807. The molecule has 2 saturated heterocycles. The maximum atomic E-state index is 13.9. The number of aliphatic hydroxyl groups is 1. The summed E-state index contributed by atoms with van der Waals surface area (Å²) in [5.74, 6) is -6.43. The number of ether oxygens (including phenoxy) is 10. The zero-order valence-corrected chi connectivity index (χ0v) is 37.0. The van der Waals surface area contributed by atoms with Crippen molar-refractivity contribution in [2.75, 3.05) is 13.2 Å². The largest absolute Gasteiger partial charge is 0.463 e. The maximum absolute atomic E-state index is 13.9. The summed E-state index contributed by atoms with van der Waals surface area (Å²) in [7, 11) is 0. The van der Waals surface area contributed by atoms with Gasteiger partial charge in [0.05, 0.1) is 34.4 Å². The number of hydrogen-bond acceptors (Lipinski definition) is 18. The fraction of sp³-hybridized carbons (Fsp3) is 0.275. The zero-order valence-electron chi connectivity index (χ0n) is 37.0. The van der Waals surface area contributed by atoms with Crippen molar-refractivity contribution in [1.82, 2.24) is 0 Å². The Balaban J connectivity index is 1.28. The number of rotatable bonds is 16. The average Bonchev–Trinajstić information content (AvgIpc) is 3.37. The van der Waals surface area contributed by atoms with E-state index in [0.717, 1.165) is 13.8 Å². The second-order valence-corrected chi connectivity index (χ2v) is 15.5. The van der Waals surface area contributed by atoms with Crippen molar-refractivity contribution in [1.29, 1.82) is 0 Å². The molecule has 5 aromatic carbocycles. The van der Waals surface area contributed by atoms with Crippen LogP contribution in [0.15, 0.2) is 152 Å². The van der Waals surface area contributed by atoms with Gasteiger partial charge in [0, 0.05) is 13.8 Å². The van der Waals surface area contributed by atoms with Gasteiger partial charge in [0.15, 0.2) is 49.2 Å². The number of benzene rings is 5. The maximum Gasteiger partial charge on any atom is 0.338 e. The number of esters is 7. The molecule has 2 aliphatic heterocycles. The number of carbonyl (C=O) groups excluding carboxylic acids is 7. The molecule has 0 saturated carbocycles. The minimum atomic E-state index is -2.09. The molecule has 7 rings (SSSR count). The Labute approximate surface area is 394 Å². The molecule has 0 spiro atoms. The predicted molar refractivity (Wildman–Crippen MR) is 236 cm³/mol. The molecule has 0 aromatic heterocycles. The van der Waals surface area contributed by atoms with E-state index in [4.69, 9.17) is 47.4 Å². The van der Waals surface area contributed by atoms with Gasteiger partial charge in [-0.2, -0.15) is 0 Å². The SMILES string of the molecule is CC(=O)OC[C@H]1O[C@H](OC[C@H]2O[C@H](O)[C@@H](OC(=O)c3ccccc3)[C@@H](OC(=O)c3ccccc3)[C@@H]2OC(=O)c2ccccc2)[C@@H](OC(=O)c2ccccc2)[C@@H](OC(=O)c2ccccc2)[C@@H]1OC(C)=O. The van der Waals surface area contributed by atoms with Crippen LogP contribution in [-0.2, 0) is 57.0 Å². The Bertz CT molecular complexity index is 2540. The lowest BCUT2D eigenvalue weighted by atomic mass is 9.96. The summed E-state index contributed by atoms with van der Waals surface area (Å²) < 4.78 is 59.3. The van der Waals surface area contributed by atoms with Crippen LogP contribution < -0.4 is 0 Å². The summed E-state index contributed by atoms with van der Waals surface area (Å²) in [5, 5.41) is 11.7. The Hall–Kier alpha value is -7.77. The van der Waals surface area contributed by atoms with Gasteiger partial charge >= 0.3 is 41.8 Å². The van der Waals surface area contributed by atoms with Gasteiger partial charge in [-0.05, 0) is 60.7 Å². The van der Waals surface area contributed by atoms with E-state index in [1.165, 1.54) is 60.7 Å². The van der Waals surface area contributed by atoms with Crippen LogP contribution in [0.4, 0.5) is 0 Å². The first-order chi connectivity index (χ1) is 33.4. The minimum absolute atomic E-state index is 0.0428. The molecule has 10 atom stereocenters. The van der Waals surface area contributed by atoms with Gasteiger partial charge in [-0.25, -0.2) is 24.0 Å². The molecule has 0 amide bonds. The normalized spacial score (nSPS) is 24.0. The van der Waals surface area contributed by atoms with Crippen molar-refractivity contribution >= 4 is 41.8 Å². The molecular weight excluding hydrogens is 901 g/mol. The van der Waals surface area contributed by atoms with Gasteiger partial charge in [0.25, 0.3) is 0 Å². The van der Waals surface area contributed by atoms with Crippen LogP contribution >= 0.6 is 0 Å². The van der Waals surface area contributed by atoms with Crippen LogP contribution in [0, 0.1) is 0 Å². The van der Waals surface area contributed by atoms with Gasteiger partial charge in [-0.1, -0.05) is 91.0 Å². The molecular formula is C51H46O18. The third-order valence-electron chi connectivity index (χ3n) is 10.6. The van der Waals surface area contributed by atoms with Gasteiger partial charge < -0.3 is 52.5 Å².